The molecule has 1 heterocycles. The molecule has 1 aliphatic rings. The van der Waals surface area contributed by atoms with Crippen LogP contribution in [0.3, 0.4) is 0 Å². The Hall–Kier alpha value is -1.49. The van der Waals surface area contributed by atoms with E-state index in [4.69, 9.17) is 0 Å². The Kier molecular flexibility index (Phi) is 3.38. The lowest BCUT2D eigenvalue weighted by Gasteiger charge is -2.08. The van der Waals surface area contributed by atoms with Gasteiger partial charge in [0.1, 0.15) is 0 Å². The van der Waals surface area contributed by atoms with Crippen molar-refractivity contribution in [2.24, 2.45) is 5.92 Å². The molecule has 0 unspecified atom stereocenters. The van der Waals surface area contributed by atoms with E-state index in [1.165, 1.54) is 12.8 Å². The molecule has 17 heavy (non-hydrogen) atoms. The number of nitro groups is 1. The minimum atomic E-state index is -0.323. The van der Waals surface area contributed by atoms with Gasteiger partial charge in [0.25, 0.3) is 5.69 Å². The number of aryl methyl sites for hydroxylation is 1. The van der Waals surface area contributed by atoms with Crippen molar-refractivity contribution in [1.29, 1.82) is 0 Å². The number of rotatable bonds is 5. The van der Waals surface area contributed by atoms with Gasteiger partial charge in [-0.15, -0.1) is 0 Å². The molecule has 0 radical (unpaired) electrons. The van der Waals surface area contributed by atoms with E-state index >= 15 is 0 Å². The summed E-state index contributed by atoms with van der Waals surface area (Å²) in [5, 5.41) is 14.2. The van der Waals surface area contributed by atoms with Crippen LogP contribution in [0, 0.1) is 29.9 Å². The molecule has 1 aromatic rings. The SMILES string of the molecule is Cc1cnc(CNCC2CC2)c(C)c1[N+](=O)[O-]. The van der Waals surface area contributed by atoms with Crippen LogP contribution >= 0.6 is 0 Å². The smallest absolute Gasteiger partial charge is 0.278 e. The van der Waals surface area contributed by atoms with Gasteiger partial charge in [0.2, 0.25) is 0 Å². The molecule has 1 saturated carbocycles. The number of nitrogens with zero attached hydrogens (tertiary/aromatic N) is 2. The van der Waals surface area contributed by atoms with E-state index < -0.39 is 0 Å². The molecule has 0 saturated heterocycles. The number of hydrogen-bond donors (Lipinski definition) is 1. The van der Waals surface area contributed by atoms with Crippen LogP contribution in [0.4, 0.5) is 5.69 Å². The Balaban J connectivity index is 2.10. The molecule has 0 bridgehead atoms. The molecule has 0 aromatic carbocycles. The van der Waals surface area contributed by atoms with Crippen molar-refractivity contribution < 1.29 is 4.92 Å². The van der Waals surface area contributed by atoms with Crippen molar-refractivity contribution in [3.63, 3.8) is 0 Å². The normalized spacial score (nSPS) is 14.9. The minimum Gasteiger partial charge on any atom is -0.311 e. The standard InChI is InChI=1S/C12H17N3O2/c1-8-5-14-11(7-13-6-10-3-4-10)9(2)12(8)15(16)17/h5,10,13H,3-4,6-7H2,1-2H3. The highest BCUT2D eigenvalue weighted by molar-refractivity contribution is 5.47. The highest BCUT2D eigenvalue weighted by Crippen LogP contribution is 2.28. The fourth-order valence-electron chi connectivity index (χ4n) is 1.94. The summed E-state index contributed by atoms with van der Waals surface area (Å²) >= 11 is 0. The third kappa shape index (κ3) is 2.79. The van der Waals surface area contributed by atoms with Crippen LogP contribution in [0.25, 0.3) is 0 Å². The first-order valence-corrected chi connectivity index (χ1v) is 5.89. The predicted octanol–water partition coefficient (Wildman–Crippen LogP) is 2.11. The van der Waals surface area contributed by atoms with Crippen molar-refractivity contribution >= 4 is 5.69 Å². The molecule has 0 spiro atoms. The van der Waals surface area contributed by atoms with Gasteiger partial charge in [-0.1, -0.05) is 0 Å². The van der Waals surface area contributed by atoms with Crippen LogP contribution in [-0.2, 0) is 6.54 Å². The van der Waals surface area contributed by atoms with E-state index in [1.807, 2.05) is 0 Å². The second-order valence-corrected chi connectivity index (χ2v) is 4.69. The summed E-state index contributed by atoms with van der Waals surface area (Å²) in [7, 11) is 0. The Morgan fingerprint density at radius 3 is 2.82 bits per heavy atom. The minimum absolute atomic E-state index is 0.197. The predicted molar refractivity (Wildman–Crippen MR) is 64.8 cm³/mol. The Bertz CT molecular complexity index is 442. The molecule has 0 aliphatic heterocycles. The van der Waals surface area contributed by atoms with Gasteiger partial charge in [-0.05, 0) is 39.2 Å². The molecular formula is C12H17N3O2. The first-order valence-electron chi connectivity index (χ1n) is 5.89. The molecule has 1 N–H and O–H groups in total. The molecule has 92 valence electrons. The van der Waals surface area contributed by atoms with Crippen LogP contribution in [0.2, 0.25) is 0 Å². The number of hydrogen-bond acceptors (Lipinski definition) is 4. The van der Waals surface area contributed by atoms with Crippen LogP contribution in [0.15, 0.2) is 6.20 Å². The summed E-state index contributed by atoms with van der Waals surface area (Å²) in [4.78, 5) is 14.9. The highest BCUT2D eigenvalue weighted by Gasteiger charge is 2.21. The molecule has 1 aliphatic carbocycles. The summed E-state index contributed by atoms with van der Waals surface area (Å²) < 4.78 is 0. The zero-order valence-corrected chi connectivity index (χ0v) is 10.2. The molecule has 0 amide bonds. The van der Waals surface area contributed by atoms with Gasteiger partial charge >= 0.3 is 0 Å². The van der Waals surface area contributed by atoms with E-state index in [0.717, 1.165) is 18.2 Å². The van der Waals surface area contributed by atoms with Crippen LogP contribution < -0.4 is 5.32 Å². The summed E-state index contributed by atoms with van der Waals surface area (Å²) in [6.45, 7) is 5.10. The van der Waals surface area contributed by atoms with Crippen molar-refractivity contribution in [3.05, 3.63) is 33.1 Å². The van der Waals surface area contributed by atoms with Gasteiger partial charge in [-0.25, -0.2) is 0 Å². The molecule has 5 heteroatoms. The van der Waals surface area contributed by atoms with Crippen molar-refractivity contribution in [3.8, 4) is 0 Å². The zero-order chi connectivity index (χ0) is 12.4. The molecule has 1 aromatic heterocycles. The van der Waals surface area contributed by atoms with Crippen LogP contribution in [0.1, 0.15) is 29.7 Å². The molecular weight excluding hydrogens is 218 g/mol. The first kappa shape index (κ1) is 12.0. The lowest BCUT2D eigenvalue weighted by Crippen LogP contribution is -2.18. The Morgan fingerprint density at radius 2 is 2.24 bits per heavy atom. The van der Waals surface area contributed by atoms with Gasteiger partial charge < -0.3 is 5.32 Å². The second kappa shape index (κ2) is 4.79. The summed E-state index contributed by atoms with van der Waals surface area (Å²) in [5.41, 5.74) is 2.28. The van der Waals surface area contributed by atoms with Crippen LogP contribution in [-0.4, -0.2) is 16.5 Å². The topological polar surface area (TPSA) is 68.1 Å². The third-order valence-electron chi connectivity index (χ3n) is 3.18. The average molecular weight is 235 g/mol. The van der Waals surface area contributed by atoms with E-state index in [9.17, 15) is 10.1 Å². The molecule has 1 fully saturated rings. The summed E-state index contributed by atoms with van der Waals surface area (Å²) in [6.07, 6.45) is 4.18. The van der Waals surface area contributed by atoms with Crippen molar-refractivity contribution in [1.82, 2.24) is 10.3 Å². The molecule has 0 atom stereocenters. The van der Waals surface area contributed by atoms with Gasteiger partial charge in [0.05, 0.1) is 10.6 Å². The van der Waals surface area contributed by atoms with E-state index in [2.05, 4.69) is 10.3 Å². The Morgan fingerprint density at radius 1 is 1.53 bits per heavy atom. The average Bonchev–Trinajstić information content (AvgIpc) is 3.05. The number of nitrogens with one attached hydrogen (secondary N) is 1. The van der Waals surface area contributed by atoms with Gasteiger partial charge in [0, 0.05) is 23.9 Å². The quantitative estimate of drug-likeness (QED) is 0.627. The van der Waals surface area contributed by atoms with Gasteiger partial charge in [0.15, 0.2) is 0 Å². The fraction of sp³-hybridized carbons (Fsp3) is 0.583. The van der Waals surface area contributed by atoms with Gasteiger partial charge in [-0.2, -0.15) is 0 Å². The lowest BCUT2D eigenvalue weighted by atomic mass is 10.1. The van der Waals surface area contributed by atoms with Crippen LogP contribution in [0.5, 0.6) is 0 Å². The first-order chi connectivity index (χ1) is 8.09. The third-order valence-corrected chi connectivity index (χ3v) is 3.18. The van der Waals surface area contributed by atoms with Crippen molar-refractivity contribution in [2.75, 3.05) is 6.54 Å². The number of pyridine rings is 1. The summed E-state index contributed by atoms with van der Waals surface area (Å²) in [5.74, 6) is 0.802. The van der Waals surface area contributed by atoms with E-state index in [-0.39, 0.29) is 10.6 Å². The second-order valence-electron chi connectivity index (χ2n) is 4.69. The maximum Gasteiger partial charge on any atom is 0.278 e. The summed E-state index contributed by atoms with van der Waals surface area (Å²) in [6, 6.07) is 0. The van der Waals surface area contributed by atoms with E-state index in [0.29, 0.717) is 17.7 Å². The maximum atomic E-state index is 10.9. The van der Waals surface area contributed by atoms with Crippen molar-refractivity contribution in [2.45, 2.75) is 33.2 Å². The fourth-order valence-corrected chi connectivity index (χ4v) is 1.94. The highest BCUT2D eigenvalue weighted by atomic mass is 16.6. The van der Waals surface area contributed by atoms with E-state index in [1.54, 1.807) is 20.0 Å². The largest absolute Gasteiger partial charge is 0.311 e. The van der Waals surface area contributed by atoms with Gasteiger partial charge in [-0.3, -0.25) is 15.1 Å². The monoisotopic (exact) mass is 235 g/mol. The Labute approximate surface area is 100 Å². The molecule has 2 rings (SSSR count). The molecule has 5 nitrogen and oxygen atoms in total. The maximum absolute atomic E-state index is 10.9. The number of aromatic nitrogens is 1. The zero-order valence-electron chi connectivity index (χ0n) is 10.2. The lowest BCUT2D eigenvalue weighted by molar-refractivity contribution is -0.386.